The van der Waals surface area contributed by atoms with Crippen molar-refractivity contribution >= 4 is 28.2 Å². The van der Waals surface area contributed by atoms with E-state index in [1.165, 1.54) is 0 Å². The third-order valence-corrected chi connectivity index (χ3v) is 7.24. The second kappa shape index (κ2) is 6.95. The van der Waals surface area contributed by atoms with Gasteiger partial charge in [0, 0.05) is 31.6 Å². The van der Waals surface area contributed by atoms with Crippen molar-refractivity contribution in [1.29, 1.82) is 5.26 Å². The topological polar surface area (TPSA) is 75.1 Å². The van der Waals surface area contributed by atoms with Crippen molar-refractivity contribution in [3.8, 4) is 11.8 Å². The van der Waals surface area contributed by atoms with Crippen LogP contribution in [-0.2, 0) is 4.74 Å². The number of rotatable bonds is 4. The molecule has 9 heteroatoms. The van der Waals surface area contributed by atoms with Crippen LogP contribution < -0.4 is 4.90 Å². The van der Waals surface area contributed by atoms with Crippen LogP contribution in [0.1, 0.15) is 19.4 Å². The molecule has 3 fully saturated rings. The van der Waals surface area contributed by atoms with Gasteiger partial charge in [0.05, 0.1) is 71.6 Å². The van der Waals surface area contributed by atoms with Crippen molar-refractivity contribution in [3.05, 3.63) is 35.7 Å². The minimum Gasteiger partial charge on any atom is -0.377 e. The predicted molar refractivity (Wildman–Crippen MR) is 118 cm³/mol. The fourth-order valence-corrected chi connectivity index (χ4v) is 5.07. The Labute approximate surface area is 185 Å². The lowest BCUT2D eigenvalue weighted by Crippen LogP contribution is -2.64. The molecule has 2 atom stereocenters. The molecule has 2 saturated heterocycles. The van der Waals surface area contributed by atoms with Crippen LogP contribution >= 0.6 is 11.6 Å². The number of benzene rings is 1. The summed E-state index contributed by atoms with van der Waals surface area (Å²) in [6.07, 6.45) is 6.50. The summed E-state index contributed by atoms with van der Waals surface area (Å²) in [6.45, 7) is 7.80. The van der Waals surface area contributed by atoms with Crippen LogP contribution in [0.25, 0.3) is 16.6 Å². The largest absolute Gasteiger partial charge is 0.377 e. The van der Waals surface area contributed by atoms with Gasteiger partial charge in [-0.25, -0.2) is 4.68 Å². The van der Waals surface area contributed by atoms with E-state index in [4.69, 9.17) is 21.6 Å². The Morgan fingerprint density at radius 3 is 2.65 bits per heavy atom. The molecule has 2 aromatic heterocycles. The second-order valence-electron chi connectivity index (χ2n) is 9.10. The number of piperazine rings is 1. The molecule has 3 aromatic rings. The molecule has 31 heavy (non-hydrogen) atoms. The third kappa shape index (κ3) is 3.11. The zero-order valence-corrected chi connectivity index (χ0v) is 18.2. The monoisotopic (exact) mass is 437 g/mol. The van der Waals surface area contributed by atoms with Crippen LogP contribution in [0.3, 0.4) is 0 Å². The lowest BCUT2D eigenvalue weighted by Gasteiger charge is -2.50. The van der Waals surface area contributed by atoms with Gasteiger partial charge in [0.2, 0.25) is 0 Å². The fraction of sp³-hybridized carbons (Fsp3) is 0.500. The van der Waals surface area contributed by atoms with E-state index in [1.807, 2.05) is 34.0 Å². The Bertz CT molecular complexity index is 1180. The first-order valence-electron chi connectivity index (χ1n) is 10.7. The third-order valence-electron chi connectivity index (χ3n) is 6.94. The first-order valence-corrected chi connectivity index (χ1v) is 11.1. The number of fused-ring (bicyclic) bond motifs is 1. The van der Waals surface area contributed by atoms with Gasteiger partial charge >= 0.3 is 0 Å². The molecule has 2 aliphatic heterocycles. The van der Waals surface area contributed by atoms with E-state index in [2.05, 4.69) is 39.1 Å². The Morgan fingerprint density at radius 1 is 1.16 bits per heavy atom. The van der Waals surface area contributed by atoms with Gasteiger partial charge in [0.1, 0.15) is 5.69 Å². The van der Waals surface area contributed by atoms with E-state index in [0.717, 1.165) is 73.1 Å². The summed E-state index contributed by atoms with van der Waals surface area (Å²) in [5.41, 5.74) is 3.14. The van der Waals surface area contributed by atoms with Crippen molar-refractivity contribution in [3.63, 3.8) is 0 Å². The molecule has 6 rings (SSSR count). The normalized spacial score (nSPS) is 25.4. The minimum absolute atomic E-state index is 0.0694. The molecule has 0 spiro atoms. The Kier molecular flexibility index (Phi) is 4.29. The molecule has 0 N–H and O–H groups in total. The van der Waals surface area contributed by atoms with Gasteiger partial charge in [-0.2, -0.15) is 15.5 Å². The maximum absolute atomic E-state index is 9.09. The SMILES string of the molecule is CC1(N2CCN(c3cc4c(cnn4-c4cnn(C5CC5C#N)c4)cc3Cl)CC2)COC1. The lowest BCUT2D eigenvalue weighted by molar-refractivity contribution is -0.131. The molecule has 0 radical (unpaired) electrons. The maximum Gasteiger partial charge on any atom is 0.103 e. The van der Waals surface area contributed by atoms with Crippen LogP contribution in [0.5, 0.6) is 0 Å². The molecule has 8 nitrogen and oxygen atoms in total. The van der Waals surface area contributed by atoms with Gasteiger partial charge in [-0.3, -0.25) is 9.58 Å². The van der Waals surface area contributed by atoms with Crippen LogP contribution in [0.2, 0.25) is 5.02 Å². The van der Waals surface area contributed by atoms with Gasteiger partial charge in [-0.05, 0) is 25.5 Å². The molecule has 3 aliphatic rings. The number of anilines is 1. The zero-order valence-electron chi connectivity index (χ0n) is 17.4. The van der Waals surface area contributed by atoms with E-state index < -0.39 is 0 Å². The summed E-state index contributed by atoms with van der Waals surface area (Å²) in [6, 6.07) is 6.64. The summed E-state index contributed by atoms with van der Waals surface area (Å²) < 4.78 is 9.23. The number of hydrogen-bond acceptors (Lipinski definition) is 6. The van der Waals surface area contributed by atoms with Crippen molar-refractivity contribution in [2.75, 3.05) is 44.3 Å². The quantitative estimate of drug-likeness (QED) is 0.624. The molecule has 1 aliphatic carbocycles. The van der Waals surface area contributed by atoms with Crippen molar-refractivity contribution in [2.24, 2.45) is 5.92 Å². The van der Waals surface area contributed by atoms with Gasteiger partial charge < -0.3 is 9.64 Å². The number of nitriles is 1. The van der Waals surface area contributed by atoms with Crippen molar-refractivity contribution in [1.82, 2.24) is 24.5 Å². The Hall–Kier alpha value is -2.60. The number of ether oxygens (including phenoxy) is 1. The number of nitrogens with zero attached hydrogens (tertiary/aromatic N) is 7. The maximum atomic E-state index is 9.09. The molecule has 1 saturated carbocycles. The highest BCUT2D eigenvalue weighted by molar-refractivity contribution is 6.34. The van der Waals surface area contributed by atoms with Crippen molar-refractivity contribution in [2.45, 2.75) is 24.9 Å². The molecular formula is C22H24ClN7O. The smallest absolute Gasteiger partial charge is 0.103 e. The van der Waals surface area contributed by atoms with Gasteiger partial charge in [-0.15, -0.1) is 0 Å². The van der Waals surface area contributed by atoms with E-state index in [9.17, 15) is 0 Å². The summed E-state index contributed by atoms with van der Waals surface area (Å²) >= 11 is 6.68. The van der Waals surface area contributed by atoms with Crippen LogP contribution in [0, 0.1) is 17.2 Å². The predicted octanol–water partition coefficient (Wildman–Crippen LogP) is 2.87. The van der Waals surface area contributed by atoms with Gasteiger partial charge in [-0.1, -0.05) is 11.6 Å². The van der Waals surface area contributed by atoms with Crippen molar-refractivity contribution < 1.29 is 4.74 Å². The van der Waals surface area contributed by atoms with E-state index in [-0.39, 0.29) is 17.5 Å². The van der Waals surface area contributed by atoms with E-state index in [1.54, 1.807) is 0 Å². The molecule has 1 aromatic carbocycles. The first kappa shape index (κ1) is 19.1. The van der Waals surface area contributed by atoms with Crippen LogP contribution in [-0.4, -0.2) is 69.4 Å². The van der Waals surface area contributed by atoms with Gasteiger partial charge in [0.15, 0.2) is 0 Å². The van der Waals surface area contributed by atoms with Gasteiger partial charge in [0.25, 0.3) is 0 Å². The highest BCUT2D eigenvalue weighted by Gasteiger charge is 2.41. The Balaban J connectivity index is 1.27. The van der Waals surface area contributed by atoms with E-state index >= 15 is 0 Å². The highest BCUT2D eigenvalue weighted by Crippen LogP contribution is 2.42. The average molecular weight is 438 g/mol. The van der Waals surface area contributed by atoms with Crippen LogP contribution in [0.15, 0.2) is 30.7 Å². The molecular weight excluding hydrogens is 414 g/mol. The standard InChI is InChI=1S/C22H24ClN7O/c1-22(13-31-14-22)28-4-2-27(3-5-28)21-8-20-16(6-18(21)23)10-26-30(20)17-11-25-29(12-17)19-7-15(19)9-24/h6,8,10-12,15,19H,2-5,7,13-14H2,1H3. The summed E-state index contributed by atoms with van der Waals surface area (Å²) in [4.78, 5) is 4.90. The molecule has 0 amide bonds. The zero-order chi connectivity index (χ0) is 21.2. The van der Waals surface area contributed by atoms with E-state index in [0.29, 0.717) is 0 Å². The molecule has 4 heterocycles. The molecule has 160 valence electrons. The minimum atomic E-state index is 0.0694. The second-order valence-corrected chi connectivity index (χ2v) is 9.51. The summed E-state index contributed by atoms with van der Waals surface area (Å²) in [5.74, 6) is 0.0694. The van der Waals surface area contributed by atoms with Crippen LogP contribution in [0.4, 0.5) is 5.69 Å². The fourth-order valence-electron chi connectivity index (χ4n) is 4.78. The number of halogens is 1. The number of hydrogen-bond donors (Lipinski definition) is 0. The highest BCUT2D eigenvalue weighted by atomic mass is 35.5. The lowest BCUT2D eigenvalue weighted by atomic mass is 9.97. The Morgan fingerprint density at radius 2 is 1.97 bits per heavy atom. The molecule has 2 unspecified atom stereocenters. The summed E-state index contributed by atoms with van der Waals surface area (Å²) in [5, 5.41) is 19.9. The first-order chi connectivity index (χ1) is 15.1. The molecule has 0 bridgehead atoms. The average Bonchev–Trinajstić information content (AvgIpc) is 3.19. The summed E-state index contributed by atoms with van der Waals surface area (Å²) in [7, 11) is 0. The number of aromatic nitrogens is 4.